The molecule has 0 fully saturated rings. The number of furan rings is 1. The lowest BCUT2D eigenvalue weighted by Gasteiger charge is -2.13. The number of anilines is 1. The average Bonchev–Trinajstić information content (AvgIpc) is 3.35. The molecule has 0 radical (unpaired) electrons. The Morgan fingerprint density at radius 3 is 2.69 bits per heavy atom. The number of benzene rings is 2. The van der Waals surface area contributed by atoms with Crippen LogP contribution in [0.25, 0.3) is 0 Å². The molecule has 12 heteroatoms. The van der Waals surface area contributed by atoms with Gasteiger partial charge in [-0.3, -0.25) is 14.4 Å². The van der Waals surface area contributed by atoms with Crippen LogP contribution >= 0.6 is 34.2 Å². The number of nitrogens with zero attached hydrogens (tertiary/aromatic N) is 1. The zero-order valence-corrected chi connectivity index (χ0v) is 21.3. The molecular weight excluding hydrogens is 591 g/mol. The Morgan fingerprint density at radius 2 is 1.97 bits per heavy atom. The van der Waals surface area contributed by atoms with Crippen LogP contribution in [0.1, 0.15) is 11.3 Å². The summed E-state index contributed by atoms with van der Waals surface area (Å²) in [5.41, 5.74) is 3.27. The van der Waals surface area contributed by atoms with Crippen molar-refractivity contribution in [2.45, 2.75) is 6.54 Å². The summed E-state index contributed by atoms with van der Waals surface area (Å²) in [7, 11) is 1.45. The van der Waals surface area contributed by atoms with E-state index in [1.807, 2.05) is 22.6 Å². The first kappa shape index (κ1) is 26.0. The van der Waals surface area contributed by atoms with E-state index in [-0.39, 0.29) is 19.1 Å². The summed E-state index contributed by atoms with van der Waals surface area (Å²) in [6.07, 6.45) is 2.81. The van der Waals surface area contributed by atoms with Crippen molar-refractivity contribution in [1.29, 1.82) is 0 Å². The highest BCUT2D eigenvalue weighted by Gasteiger charge is 2.15. The first-order valence-electron chi connectivity index (χ1n) is 10.0. The number of amides is 3. The first-order chi connectivity index (χ1) is 16.9. The fraction of sp³-hybridized carbons (Fsp3) is 0.130. The van der Waals surface area contributed by atoms with E-state index in [9.17, 15) is 14.4 Å². The standard InChI is InChI=1S/C23H20ClIN4O6/c1-33-19-9-14(11-27-29-23(32)22(31)26-12-17-6-3-7-34-17)8-18(25)21(19)35-13-20(30)28-16-5-2-4-15(24)10-16/h2-11H,12-13H2,1H3,(H,26,31)(H,28,30)(H,29,32)/b27-11-. The minimum atomic E-state index is -0.930. The lowest BCUT2D eigenvalue weighted by molar-refractivity contribution is -0.139. The summed E-state index contributed by atoms with van der Waals surface area (Å²) in [6.45, 7) is -0.174. The second-order valence-corrected chi connectivity index (χ2v) is 8.44. The van der Waals surface area contributed by atoms with Crippen molar-refractivity contribution >= 4 is 63.8 Å². The van der Waals surface area contributed by atoms with Crippen molar-refractivity contribution in [3.8, 4) is 11.5 Å². The van der Waals surface area contributed by atoms with Gasteiger partial charge in [-0.05, 0) is 70.6 Å². The number of ether oxygens (including phenoxy) is 2. The summed E-state index contributed by atoms with van der Waals surface area (Å²) in [5.74, 6) is -0.917. The van der Waals surface area contributed by atoms with Crippen LogP contribution in [0, 0.1) is 3.57 Å². The Labute approximate surface area is 219 Å². The molecule has 0 saturated carbocycles. The lowest BCUT2D eigenvalue weighted by Crippen LogP contribution is -2.37. The van der Waals surface area contributed by atoms with Crippen LogP contribution in [0.15, 0.2) is 64.3 Å². The molecule has 0 aliphatic rings. The number of methoxy groups -OCH3 is 1. The number of carbonyl (C=O) groups excluding carboxylic acids is 3. The molecule has 2 aromatic carbocycles. The third-order valence-corrected chi connectivity index (χ3v) is 5.33. The fourth-order valence-electron chi connectivity index (χ4n) is 2.73. The third-order valence-electron chi connectivity index (χ3n) is 4.30. The summed E-state index contributed by atoms with van der Waals surface area (Å²) < 4.78 is 16.7. The maximum absolute atomic E-state index is 12.2. The van der Waals surface area contributed by atoms with E-state index in [1.165, 1.54) is 19.6 Å². The first-order valence-corrected chi connectivity index (χ1v) is 11.5. The normalized spacial score (nSPS) is 10.6. The smallest absolute Gasteiger partial charge is 0.329 e. The number of carbonyl (C=O) groups is 3. The van der Waals surface area contributed by atoms with Gasteiger partial charge in [0.15, 0.2) is 18.1 Å². The Morgan fingerprint density at radius 1 is 1.14 bits per heavy atom. The second kappa shape index (κ2) is 12.8. The van der Waals surface area contributed by atoms with Crippen LogP contribution in [-0.2, 0) is 20.9 Å². The summed E-state index contributed by atoms with van der Waals surface area (Å²) >= 11 is 7.95. The number of rotatable bonds is 9. The molecule has 0 bridgehead atoms. The molecule has 0 aliphatic carbocycles. The molecule has 0 aliphatic heterocycles. The van der Waals surface area contributed by atoms with Crippen LogP contribution in [0.2, 0.25) is 5.02 Å². The minimum Gasteiger partial charge on any atom is -0.493 e. The van der Waals surface area contributed by atoms with Crippen molar-refractivity contribution in [3.63, 3.8) is 0 Å². The van der Waals surface area contributed by atoms with Gasteiger partial charge in [-0.1, -0.05) is 17.7 Å². The molecule has 3 aromatic rings. The molecule has 10 nitrogen and oxygen atoms in total. The van der Waals surface area contributed by atoms with Crippen LogP contribution in [0.3, 0.4) is 0 Å². The molecule has 182 valence electrons. The summed E-state index contributed by atoms with van der Waals surface area (Å²) in [5, 5.41) is 9.41. The van der Waals surface area contributed by atoms with Gasteiger partial charge < -0.3 is 24.5 Å². The van der Waals surface area contributed by atoms with Gasteiger partial charge in [-0.2, -0.15) is 5.10 Å². The molecule has 0 unspecified atom stereocenters. The van der Waals surface area contributed by atoms with Crippen molar-refractivity contribution in [1.82, 2.24) is 10.7 Å². The van der Waals surface area contributed by atoms with Gasteiger partial charge in [0.25, 0.3) is 5.91 Å². The van der Waals surface area contributed by atoms with Gasteiger partial charge in [-0.15, -0.1) is 0 Å². The Bertz CT molecular complexity index is 1230. The zero-order chi connectivity index (χ0) is 25.2. The van der Waals surface area contributed by atoms with E-state index in [1.54, 1.807) is 48.5 Å². The van der Waals surface area contributed by atoms with Gasteiger partial charge in [-0.25, -0.2) is 5.43 Å². The van der Waals surface area contributed by atoms with E-state index in [0.29, 0.717) is 37.1 Å². The van der Waals surface area contributed by atoms with Gasteiger partial charge in [0.1, 0.15) is 5.76 Å². The van der Waals surface area contributed by atoms with E-state index in [2.05, 4.69) is 21.2 Å². The van der Waals surface area contributed by atoms with E-state index in [0.717, 1.165) is 0 Å². The highest BCUT2D eigenvalue weighted by molar-refractivity contribution is 14.1. The predicted molar refractivity (Wildman–Crippen MR) is 138 cm³/mol. The Hall–Kier alpha value is -3.58. The van der Waals surface area contributed by atoms with Crippen LogP contribution in [0.5, 0.6) is 11.5 Å². The molecule has 3 N–H and O–H groups in total. The molecule has 0 atom stereocenters. The number of nitrogens with one attached hydrogen (secondary N) is 3. The molecule has 3 rings (SSSR count). The van der Waals surface area contributed by atoms with Gasteiger partial charge >= 0.3 is 11.8 Å². The molecule has 0 spiro atoms. The fourth-order valence-corrected chi connectivity index (χ4v) is 3.70. The Kier molecular flexibility index (Phi) is 9.49. The topological polar surface area (TPSA) is 131 Å². The maximum Gasteiger partial charge on any atom is 0.329 e. The molecule has 35 heavy (non-hydrogen) atoms. The summed E-state index contributed by atoms with van der Waals surface area (Å²) in [6, 6.07) is 13.4. The molecular formula is C23H20ClIN4O6. The monoisotopic (exact) mass is 610 g/mol. The predicted octanol–water partition coefficient (Wildman–Crippen LogP) is 3.33. The maximum atomic E-state index is 12.2. The number of hydrazone groups is 1. The van der Waals surface area contributed by atoms with E-state index < -0.39 is 11.8 Å². The second-order valence-electron chi connectivity index (χ2n) is 6.84. The third kappa shape index (κ3) is 8.00. The van der Waals surface area contributed by atoms with E-state index in [4.69, 9.17) is 25.5 Å². The van der Waals surface area contributed by atoms with Crippen LogP contribution in [-0.4, -0.2) is 37.7 Å². The minimum absolute atomic E-state index is 0.0803. The van der Waals surface area contributed by atoms with Gasteiger partial charge in [0.05, 0.1) is 29.7 Å². The SMILES string of the molecule is COc1cc(/C=N\NC(=O)C(=O)NCc2ccco2)cc(I)c1OCC(=O)Nc1cccc(Cl)c1. The highest BCUT2D eigenvalue weighted by Crippen LogP contribution is 2.33. The van der Waals surface area contributed by atoms with Crippen molar-refractivity contribution in [3.05, 3.63) is 74.7 Å². The molecule has 1 heterocycles. The largest absolute Gasteiger partial charge is 0.493 e. The average molecular weight is 611 g/mol. The van der Waals surface area contributed by atoms with Crippen molar-refractivity contribution < 1.29 is 28.3 Å². The van der Waals surface area contributed by atoms with Crippen LogP contribution < -0.4 is 25.5 Å². The van der Waals surface area contributed by atoms with Crippen LogP contribution in [0.4, 0.5) is 5.69 Å². The molecule has 3 amide bonds. The number of hydrogen-bond acceptors (Lipinski definition) is 7. The Balaban J connectivity index is 1.55. The number of hydrogen-bond donors (Lipinski definition) is 3. The number of halogens is 2. The van der Waals surface area contributed by atoms with Crippen molar-refractivity contribution in [2.24, 2.45) is 5.10 Å². The zero-order valence-electron chi connectivity index (χ0n) is 18.3. The highest BCUT2D eigenvalue weighted by atomic mass is 127. The quantitative estimate of drug-likeness (QED) is 0.147. The van der Waals surface area contributed by atoms with Crippen molar-refractivity contribution in [2.75, 3.05) is 19.0 Å². The summed E-state index contributed by atoms with van der Waals surface area (Å²) in [4.78, 5) is 35.9. The van der Waals surface area contributed by atoms with Gasteiger partial charge in [0.2, 0.25) is 0 Å². The lowest BCUT2D eigenvalue weighted by atomic mass is 10.2. The molecule has 1 aromatic heterocycles. The van der Waals surface area contributed by atoms with E-state index >= 15 is 0 Å². The van der Waals surface area contributed by atoms with Gasteiger partial charge in [0, 0.05) is 10.7 Å². The molecule has 0 saturated heterocycles.